The summed E-state index contributed by atoms with van der Waals surface area (Å²) < 4.78 is 25.9. The third-order valence-electron chi connectivity index (χ3n) is 6.49. The Labute approximate surface area is 205 Å². The van der Waals surface area contributed by atoms with Crippen LogP contribution < -0.4 is 15.4 Å². The average molecular weight is 484 g/mol. The second kappa shape index (κ2) is 11.2. The van der Waals surface area contributed by atoms with Crippen LogP contribution >= 0.6 is 0 Å². The molecule has 9 heteroatoms. The van der Waals surface area contributed by atoms with E-state index in [1.54, 1.807) is 7.05 Å². The lowest BCUT2D eigenvalue weighted by atomic mass is 9.89. The van der Waals surface area contributed by atoms with Gasteiger partial charge in [-0.3, -0.25) is 0 Å². The number of aryl methyl sites for hydroxylation is 2. The largest absolute Gasteiger partial charge is 0.491 e. The highest BCUT2D eigenvalue weighted by molar-refractivity contribution is 5.71. The van der Waals surface area contributed by atoms with Gasteiger partial charge in [-0.15, -0.1) is 0 Å². The Kier molecular flexibility index (Phi) is 8.10. The third-order valence-corrected chi connectivity index (χ3v) is 6.49. The quantitative estimate of drug-likeness (QED) is 0.426. The number of aliphatic hydroxyl groups is 1. The van der Waals surface area contributed by atoms with Crippen molar-refractivity contribution in [2.75, 3.05) is 33.3 Å². The van der Waals surface area contributed by atoms with E-state index in [0.29, 0.717) is 36.8 Å². The van der Waals surface area contributed by atoms with Crippen LogP contribution in [0.1, 0.15) is 29.1 Å². The van der Waals surface area contributed by atoms with Crippen LogP contribution in [0.15, 0.2) is 28.8 Å². The molecule has 4 rings (SSSR count). The van der Waals surface area contributed by atoms with E-state index >= 15 is 0 Å². The lowest BCUT2D eigenvalue weighted by molar-refractivity contribution is 0.108. The van der Waals surface area contributed by atoms with Crippen LogP contribution in [0.4, 0.5) is 4.39 Å². The van der Waals surface area contributed by atoms with Gasteiger partial charge in [0.15, 0.2) is 5.82 Å². The van der Waals surface area contributed by atoms with Crippen LogP contribution in [0.3, 0.4) is 0 Å². The summed E-state index contributed by atoms with van der Waals surface area (Å²) in [6, 6.07) is 7.49. The first-order valence-corrected chi connectivity index (χ1v) is 12.1. The fourth-order valence-corrected chi connectivity index (χ4v) is 4.52. The topological polar surface area (TPSA) is 105 Å². The van der Waals surface area contributed by atoms with Gasteiger partial charge < -0.3 is 25.0 Å². The molecule has 0 radical (unpaired) electrons. The molecule has 1 aliphatic heterocycles. The fraction of sp³-hybridized carbons (Fsp3) is 0.500. The summed E-state index contributed by atoms with van der Waals surface area (Å²) in [5.41, 5.74) is 4.87. The van der Waals surface area contributed by atoms with Gasteiger partial charge in [-0.1, -0.05) is 17.3 Å². The van der Waals surface area contributed by atoms with Gasteiger partial charge in [-0.05, 0) is 70.8 Å². The van der Waals surface area contributed by atoms with Gasteiger partial charge in [-0.25, -0.2) is 14.4 Å². The van der Waals surface area contributed by atoms with Crippen LogP contribution in [0.2, 0.25) is 0 Å². The van der Waals surface area contributed by atoms with Crippen molar-refractivity contribution in [3.63, 3.8) is 0 Å². The Bertz CT molecular complexity index is 1130. The molecule has 0 spiro atoms. The summed E-state index contributed by atoms with van der Waals surface area (Å²) in [7, 11) is 1.78. The van der Waals surface area contributed by atoms with Crippen LogP contribution in [0.5, 0.6) is 5.75 Å². The molecule has 0 bridgehead atoms. The highest BCUT2D eigenvalue weighted by atomic mass is 19.1. The van der Waals surface area contributed by atoms with Crippen LogP contribution in [0, 0.1) is 26.7 Å². The lowest BCUT2D eigenvalue weighted by Gasteiger charge is -2.27. The molecule has 0 saturated carbocycles. The predicted octanol–water partition coefficient (Wildman–Crippen LogP) is 3.17. The normalized spacial score (nSPS) is 19.0. The second-order valence-electron chi connectivity index (χ2n) is 9.19. The van der Waals surface area contributed by atoms with Gasteiger partial charge in [-0.2, -0.15) is 0 Å². The van der Waals surface area contributed by atoms with E-state index in [2.05, 4.69) is 15.8 Å². The number of rotatable bonds is 9. The number of aliphatic hydroxyl groups excluding tert-OH is 1. The summed E-state index contributed by atoms with van der Waals surface area (Å²) in [5.74, 6) is 1.73. The molecule has 1 unspecified atom stereocenters. The van der Waals surface area contributed by atoms with E-state index in [9.17, 15) is 9.50 Å². The maximum Gasteiger partial charge on any atom is 0.160 e. The molecule has 3 aromatic rings. The number of aromatic nitrogens is 3. The highest BCUT2D eigenvalue weighted by Gasteiger charge is 2.28. The van der Waals surface area contributed by atoms with Crippen molar-refractivity contribution < 1.29 is 18.8 Å². The van der Waals surface area contributed by atoms with E-state index in [1.807, 2.05) is 45.0 Å². The second-order valence-corrected chi connectivity index (χ2v) is 9.19. The minimum Gasteiger partial charge on any atom is -0.491 e. The van der Waals surface area contributed by atoms with Crippen molar-refractivity contribution in [3.8, 4) is 28.4 Å². The van der Waals surface area contributed by atoms with Gasteiger partial charge in [0, 0.05) is 24.3 Å². The zero-order valence-corrected chi connectivity index (χ0v) is 20.8. The Morgan fingerprint density at radius 2 is 2.11 bits per heavy atom. The average Bonchev–Trinajstić information content (AvgIpc) is 3.18. The van der Waals surface area contributed by atoms with Crippen molar-refractivity contribution in [1.82, 2.24) is 25.8 Å². The summed E-state index contributed by atoms with van der Waals surface area (Å²) in [5, 5.41) is 20.1. The lowest BCUT2D eigenvalue weighted by Crippen LogP contribution is -2.39. The highest BCUT2D eigenvalue weighted by Crippen LogP contribution is 2.33. The minimum absolute atomic E-state index is 0.0986. The van der Waals surface area contributed by atoms with Crippen molar-refractivity contribution in [3.05, 3.63) is 47.0 Å². The van der Waals surface area contributed by atoms with E-state index in [-0.39, 0.29) is 12.5 Å². The van der Waals surface area contributed by atoms with E-state index in [0.717, 1.165) is 46.7 Å². The number of hydrogen-bond acceptors (Lipinski definition) is 8. The predicted molar refractivity (Wildman–Crippen MR) is 132 cm³/mol. The van der Waals surface area contributed by atoms with Crippen molar-refractivity contribution in [2.24, 2.45) is 5.92 Å². The number of nitrogens with zero attached hydrogens (tertiary/aromatic N) is 3. The Balaban J connectivity index is 1.73. The number of halogens is 1. The van der Waals surface area contributed by atoms with E-state index in [1.165, 1.54) is 0 Å². The first kappa shape index (κ1) is 25.2. The Morgan fingerprint density at radius 3 is 2.83 bits per heavy atom. The molecule has 35 heavy (non-hydrogen) atoms. The molecule has 1 aromatic carbocycles. The molecule has 1 saturated heterocycles. The number of benzene rings is 1. The van der Waals surface area contributed by atoms with Crippen molar-refractivity contribution in [2.45, 2.75) is 45.9 Å². The summed E-state index contributed by atoms with van der Waals surface area (Å²) in [4.78, 5) is 9.82. The van der Waals surface area contributed by atoms with Crippen molar-refractivity contribution >= 4 is 0 Å². The third kappa shape index (κ3) is 5.86. The number of likely N-dealkylation sites (N-methyl/N-ethyl adjacent to an activating group) is 1. The standard InChI is InChI=1S/C26H34FN5O3/c1-15-23(11-18-8-9-29-13-22(18)27)30-26(31-25(15)24-16(2)32-35-17(24)3)19-6-5-7-21(10-19)34-14-20(33)12-28-4/h5-7,10,18,20,22,28-29,33H,8-9,11-14H2,1-4H3/t18-,20?,22-/m0/s1. The van der Waals surface area contributed by atoms with Gasteiger partial charge in [0.05, 0.1) is 17.0 Å². The molecule has 0 aliphatic carbocycles. The fourth-order valence-electron chi connectivity index (χ4n) is 4.52. The minimum atomic E-state index is -0.912. The molecular formula is C26H34FN5O3. The molecule has 1 aliphatic rings. The van der Waals surface area contributed by atoms with Crippen molar-refractivity contribution in [1.29, 1.82) is 0 Å². The van der Waals surface area contributed by atoms with Crippen LogP contribution in [0.25, 0.3) is 22.6 Å². The van der Waals surface area contributed by atoms with Gasteiger partial charge in [0.1, 0.15) is 30.4 Å². The molecular weight excluding hydrogens is 449 g/mol. The molecule has 3 N–H and O–H groups in total. The van der Waals surface area contributed by atoms with Crippen LogP contribution in [-0.4, -0.2) is 65.8 Å². The molecule has 3 heterocycles. The van der Waals surface area contributed by atoms with Gasteiger partial charge in [0.2, 0.25) is 0 Å². The number of hydrogen-bond donors (Lipinski definition) is 3. The first-order valence-electron chi connectivity index (χ1n) is 12.1. The van der Waals surface area contributed by atoms with Crippen LogP contribution in [-0.2, 0) is 6.42 Å². The van der Waals surface area contributed by atoms with Gasteiger partial charge in [0.25, 0.3) is 0 Å². The number of nitrogens with one attached hydrogen (secondary N) is 2. The Morgan fingerprint density at radius 1 is 1.29 bits per heavy atom. The first-order chi connectivity index (χ1) is 16.9. The zero-order valence-electron chi connectivity index (χ0n) is 20.8. The summed E-state index contributed by atoms with van der Waals surface area (Å²) in [6.07, 6.45) is -0.230. The van der Waals surface area contributed by atoms with Gasteiger partial charge >= 0.3 is 0 Å². The molecule has 3 atom stereocenters. The van der Waals surface area contributed by atoms with E-state index in [4.69, 9.17) is 19.2 Å². The maximum absolute atomic E-state index is 14.7. The number of alkyl halides is 1. The molecule has 188 valence electrons. The van der Waals surface area contributed by atoms with E-state index < -0.39 is 12.3 Å². The smallest absolute Gasteiger partial charge is 0.160 e. The molecule has 2 aromatic heterocycles. The number of ether oxygens (including phenoxy) is 1. The monoisotopic (exact) mass is 483 g/mol. The zero-order chi connectivity index (χ0) is 24.9. The summed E-state index contributed by atoms with van der Waals surface area (Å²) >= 11 is 0. The summed E-state index contributed by atoms with van der Waals surface area (Å²) in [6.45, 7) is 7.53. The Hall–Kier alpha value is -2.88. The molecule has 1 fully saturated rings. The maximum atomic E-state index is 14.7. The number of piperidine rings is 1. The SMILES string of the molecule is CNCC(O)COc1cccc(-c2nc(C[C@@H]3CCNC[C@@H]3F)c(C)c(-c3c(C)noc3C)n2)c1. The molecule has 0 amide bonds. The molecule has 8 nitrogen and oxygen atoms in total.